The van der Waals surface area contributed by atoms with Gasteiger partial charge in [0.05, 0.1) is 34.6 Å². The maximum Gasteiger partial charge on any atom is 0.172 e. The Hall–Kier alpha value is -1.62. The largest absolute Gasteiger partial charge is 0.294 e. The van der Waals surface area contributed by atoms with E-state index in [4.69, 9.17) is 11.6 Å². The Morgan fingerprint density at radius 2 is 2.16 bits per heavy atom. The molecule has 0 bridgehead atoms. The normalized spacial score (nSPS) is 10.9. The molecule has 0 N–H and O–H groups in total. The fourth-order valence-electron chi connectivity index (χ4n) is 2.01. The van der Waals surface area contributed by atoms with Crippen molar-refractivity contribution in [3.63, 3.8) is 0 Å². The second-order valence-corrected chi connectivity index (χ2v) is 4.76. The van der Waals surface area contributed by atoms with Gasteiger partial charge in [-0.3, -0.25) is 14.2 Å². The van der Waals surface area contributed by atoms with Gasteiger partial charge in [-0.25, -0.2) is 0 Å². The molecular formula is C13H17ClN4O. The molecular weight excluding hydrogens is 264 g/mol. The predicted molar refractivity (Wildman–Crippen MR) is 73.5 cm³/mol. The van der Waals surface area contributed by atoms with Crippen molar-refractivity contribution in [2.75, 3.05) is 0 Å². The molecule has 0 aliphatic rings. The van der Waals surface area contributed by atoms with Crippen LogP contribution in [0.2, 0.25) is 5.02 Å². The topological polar surface area (TPSA) is 52.7 Å². The third-order valence-corrected chi connectivity index (χ3v) is 3.49. The molecule has 0 aromatic carbocycles. The van der Waals surface area contributed by atoms with Gasteiger partial charge in [-0.1, -0.05) is 18.5 Å². The molecule has 2 aromatic rings. The minimum absolute atomic E-state index is 0.00672. The monoisotopic (exact) mass is 280 g/mol. The molecule has 2 heterocycles. The van der Waals surface area contributed by atoms with E-state index in [1.807, 2.05) is 13.8 Å². The van der Waals surface area contributed by atoms with Crippen molar-refractivity contribution in [3.05, 3.63) is 34.4 Å². The number of carbonyl (C=O) groups is 1. The van der Waals surface area contributed by atoms with Gasteiger partial charge < -0.3 is 0 Å². The Kier molecular flexibility index (Phi) is 4.04. The van der Waals surface area contributed by atoms with Gasteiger partial charge in [0.15, 0.2) is 5.78 Å². The van der Waals surface area contributed by atoms with Crippen LogP contribution in [0.3, 0.4) is 0 Å². The number of hydrogen-bond donors (Lipinski definition) is 0. The third-order valence-electron chi connectivity index (χ3n) is 3.05. The fourth-order valence-corrected chi connectivity index (χ4v) is 2.34. The average molecular weight is 281 g/mol. The lowest BCUT2D eigenvalue weighted by Crippen LogP contribution is -2.09. The molecule has 0 aliphatic heterocycles. The highest BCUT2D eigenvalue weighted by molar-refractivity contribution is 6.32. The Bertz CT molecular complexity index is 600. The molecule has 0 amide bonds. The molecule has 2 rings (SSSR count). The number of aromatic nitrogens is 4. The Morgan fingerprint density at radius 1 is 1.42 bits per heavy atom. The van der Waals surface area contributed by atoms with Crippen molar-refractivity contribution in [2.45, 2.75) is 33.2 Å². The van der Waals surface area contributed by atoms with E-state index in [9.17, 15) is 4.79 Å². The number of halogens is 1. The smallest absolute Gasteiger partial charge is 0.172 e. The molecule has 2 aromatic heterocycles. The summed E-state index contributed by atoms with van der Waals surface area (Å²) in [5.74, 6) is 0.00672. The molecule has 0 aliphatic carbocycles. The quantitative estimate of drug-likeness (QED) is 0.790. The van der Waals surface area contributed by atoms with Gasteiger partial charge in [0, 0.05) is 19.8 Å². The van der Waals surface area contributed by atoms with Crippen LogP contribution in [0.15, 0.2) is 12.4 Å². The molecule has 0 fully saturated rings. The van der Waals surface area contributed by atoms with E-state index in [2.05, 4.69) is 10.2 Å². The lowest BCUT2D eigenvalue weighted by Gasteiger charge is -2.03. The summed E-state index contributed by atoms with van der Waals surface area (Å²) < 4.78 is 3.42. The SMILES string of the molecule is CCc1nn(CC)c(CC(=O)c2cnn(C)c2)c1Cl. The van der Waals surface area contributed by atoms with Crippen LogP contribution >= 0.6 is 11.6 Å². The molecule has 5 nitrogen and oxygen atoms in total. The summed E-state index contributed by atoms with van der Waals surface area (Å²) in [6.45, 7) is 4.69. The van der Waals surface area contributed by atoms with Gasteiger partial charge in [0.1, 0.15) is 0 Å². The number of nitrogens with zero attached hydrogens (tertiary/aromatic N) is 4. The number of ketones is 1. The van der Waals surface area contributed by atoms with Crippen LogP contribution in [0, 0.1) is 0 Å². The highest BCUT2D eigenvalue weighted by Gasteiger charge is 2.18. The van der Waals surface area contributed by atoms with E-state index >= 15 is 0 Å². The Balaban J connectivity index is 2.28. The molecule has 0 saturated heterocycles. The Labute approximate surface area is 117 Å². The third kappa shape index (κ3) is 2.71. The zero-order chi connectivity index (χ0) is 14.0. The maximum absolute atomic E-state index is 12.2. The highest BCUT2D eigenvalue weighted by atomic mass is 35.5. The van der Waals surface area contributed by atoms with Crippen LogP contribution in [0.5, 0.6) is 0 Å². The summed E-state index contributed by atoms with van der Waals surface area (Å²) in [4.78, 5) is 12.2. The van der Waals surface area contributed by atoms with Crippen LogP contribution in [0.4, 0.5) is 0 Å². The molecule has 0 unspecified atom stereocenters. The molecule has 0 radical (unpaired) electrons. The zero-order valence-electron chi connectivity index (χ0n) is 11.4. The van der Waals surface area contributed by atoms with Crippen LogP contribution in [-0.2, 0) is 26.4 Å². The van der Waals surface area contributed by atoms with Gasteiger partial charge in [-0.05, 0) is 13.3 Å². The molecule has 6 heteroatoms. The van der Waals surface area contributed by atoms with Gasteiger partial charge >= 0.3 is 0 Å². The summed E-state index contributed by atoms with van der Waals surface area (Å²) in [6.07, 6.45) is 4.30. The second-order valence-electron chi connectivity index (χ2n) is 4.38. The average Bonchev–Trinajstić information content (AvgIpc) is 2.95. The first kappa shape index (κ1) is 13.8. The highest BCUT2D eigenvalue weighted by Crippen LogP contribution is 2.23. The van der Waals surface area contributed by atoms with E-state index in [0.717, 1.165) is 17.8 Å². The summed E-state index contributed by atoms with van der Waals surface area (Å²) in [6, 6.07) is 0. The van der Waals surface area contributed by atoms with Gasteiger partial charge in [-0.2, -0.15) is 10.2 Å². The summed E-state index contributed by atoms with van der Waals surface area (Å²) >= 11 is 6.29. The van der Waals surface area contributed by atoms with E-state index < -0.39 is 0 Å². The minimum Gasteiger partial charge on any atom is -0.294 e. The number of aryl methyl sites for hydroxylation is 3. The molecule has 0 spiro atoms. The van der Waals surface area contributed by atoms with Crippen LogP contribution < -0.4 is 0 Å². The van der Waals surface area contributed by atoms with E-state index in [1.165, 1.54) is 0 Å². The van der Waals surface area contributed by atoms with Gasteiger partial charge in [0.25, 0.3) is 0 Å². The maximum atomic E-state index is 12.2. The van der Waals surface area contributed by atoms with E-state index in [1.54, 1.807) is 28.8 Å². The van der Waals surface area contributed by atoms with Crippen molar-refractivity contribution in [3.8, 4) is 0 Å². The van der Waals surface area contributed by atoms with Crippen LogP contribution in [0.25, 0.3) is 0 Å². The van der Waals surface area contributed by atoms with Crippen molar-refractivity contribution < 1.29 is 4.79 Å². The van der Waals surface area contributed by atoms with Crippen molar-refractivity contribution in [2.24, 2.45) is 7.05 Å². The summed E-state index contributed by atoms with van der Waals surface area (Å²) in [5, 5.41) is 9.03. The predicted octanol–water partition coefficient (Wildman–Crippen LogP) is 2.28. The molecule has 19 heavy (non-hydrogen) atoms. The summed E-state index contributed by atoms with van der Waals surface area (Å²) in [5.41, 5.74) is 2.23. The number of carbonyl (C=O) groups excluding carboxylic acids is 1. The molecule has 102 valence electrons. The van der Waals surface area contributed by atoms with Gasteiger partial charge in [-0.15, -0.1) is 0 Å². The molecule has 0 atom stereocenters. The minimum atomic E-state index is 0.00672. The van der Waals surface area contributed by atoms with Gasteiger partial charge in [0.2, 0.25) is 0 Å². The van der Waals surface area contributed by atoms with E-state index in [0.29, 0.717) is 17.1 Å². The number of hydrogen-bond acceptors (Lipinski definition) is 3. The first-order valence-electron chi connectivity index (χ1n) is 6.32. The van der Waals surface area contributed by atoms with Crippen molar-refractivity contribution in [1.29, 1.82) is 0 Å². The zero-order valence-corrected chi connectivity index (χ0v) is 12.1. The van der Waals surface area contributed by atoms with Crippen molar-refractivity contribution in [1.82, 2.24) is 19.6 Å². The second kappa shape index (κ2) is 5.57. The fraction of sp³-hybridized carbons (Fsp3) is 0.462. The summed E-state index contributed by atoms with van der Waals surface area (Å²) in [7, 11) is 1.79. The van der Waals surface area contributed by atoms with Crippen LogP contribution in [-0.4, -0.2) is 25.3 Å². The molecule has 0 saturated carbocycles. The van der Waals surface area contributed by atoms with Crippen LogP contribution in [0.1, 0.15) is 35.6 Å². The first-order chi connectivity index (χ1) is 9.06. The van der Waals surface area contributed by atoms with E-state index in [-0.39, 0.29) is 12.2 Å². The number of rotatable bonds is 5. The standard InChI is InChI=1S/C13H17ClN4O/c1-4-10-13(14)11(18(5-2)16-10)6-12(19)9-7-15-17(3)8-9/h7-8H,4-6H2,1-3H3. The first-order valence-corrected chi connectivity index (χ1v) is 6.70. The number of Topliss-reactive ketones (excluding diaryl/α,β-unsaturated/α-hetero) is 1. The Morgan fingerprint density at radius 3 is 2.68 bits per heavy atom. The van der Waals surface area contributed by atoms with Crippen molar-refractivity contribution >= 4 is 17.4 Å². The lowest BCUT2D eigenvalue weighted by atomic mass is 10.1. The lowest BCUT2D eigenvalue weighted by molar-refractivity contribution is 0.0990.